The highest BCUT2D eigenvalue weighted by Gasteiger charge is 2.34. The zero-order valence-electron chi connectivity index (χ0n) is 19.0. The molecule has 162 valence electrons. The molecule has 30 heavy (non-hydrogen) atoms. The number of aryl methyl sites for hydroxylation is 2. The summed E-state index contributed by atoms with van der Waals surface area (Å²) in [5, 5.41) is 6.72. The predicted octanol–water partition coefficient (Wildman–Crippen LogP) is 3.09. The molecule has 0 saturated heterocycles. The molecule has 0 fully saturated rings. The summed E-state index contributed by atoms with van der Waals surface area (Å²) in [5.41, 5.74) is 5.31. The van der Waals surface area contributed by atoms with Gasteiger partial charge in [0, 0.05) is 31.2 Å². The van der Waals surface area contributed by atoms with Gasteiger partial charge in [-0.2, -0.15) is 4.98 Å². The van der Waals surface area contributed by atoms with E-state index in [1.165, 1.54) is 16.7 Å². The molecule has 1 aliphatic rings. The van der Waals surface area contributed by atoms with E-state index < -0.39 is 0 Å². The minimum Gasteiger partial charge on any atom is -0.369 e. The van der Waals surface area contributed by atoms with Crippen molar-refractivity contribution in [3.63, 3.8) is 0 Å². The minimum atomic E-state index is -0.0183. The van der Waals surface area contributed by atoms with Crippen molar-refractivity contribution < 1.29 is 4.79 Å². The van der Waals surface area contributed by atoms with Gasteiger partial charge in [0.05, 0.1) is 6.54 Å². The Labute approximate surface area is 179 Å². The highest BCUT2D eigenvalue weighted by atomic mass is 16.2. The van der Waals surface area contributed by atoms with Crippen molar-refractivity contribution in [2.75, 3.05) is 44.4 Å². The third-order valence-corrected chi connectivity index (χ3v) is 5.54. The smallest absolute Gasteiger partial charge is 0.273 e. The van der Waals surface area contributed by atoms with E-state index in [1.807, 2.05) is 32.8 Å². The third-order valence-electron chi connectivity index (χ3n) is 5.54. The standard InChI is InChI=1S/C23H34N6O/c1-15(2)29-14-19-20(22(29)30)26-23(25-11-12-28(5)6)27-21(19)24-10-9-18-8-7-16(3)17(4)13-18/h7-8,13,15H,9-12,14H2,1-6H3,(H2,24,25,26,27). The monoisotopic (exact) mass is 410 g/mol. The van der Waals surface area contributed by atoms with Gasteiger partial charge in [0.1, 0.15) is 11.5 Å². The van der Waals surface area contributed by atoms with Gasteiger partial charge in [-0.25, -0.2) is 4.98 Å². The molecule has 1 aromatic carbocycles. The molecule has 0 bridgehead atoms. The van der Waals surface area contributed by atoms with Gasteiger partial charge in [0.15, 0.2) is 0 Å². The minimum absolute atomic E-state index is 0.0183. The van der Waals surface area contributed by atoms with Crippen LogP contribution in [0.4, 0.5) is 11.8 Å². The number of carbonyl (C=O) groups is 1. The van der Waals surface area contributed by atoms with Crippen LogP contribution in [0.15, 0.2) is 18.2 Å². The molecule has 0 spiro atoms. The Balaban J connectivity index is 1.77. The fraction of sp³-hybridized carbons (Fsp3) is 0.522. The van der Waals surface area contributed by atoms with Crippen LogP contribution in [0, 0.1) is 13.8 Å². The van der Waals surface area contributed by atoms with Gasteiger partial charge in [-0.15, -0.1) is 0 Å². The maximum Gasteiger partial charge on any atom is 0.273 e. The number of carbonyl (C=O) groups excluding carboxylic acids is 1. The van der Waals surface area contributed by atoms with Crippen LogP contribution in [0.3, 0.4) is 0 Å². The van der Waals surface area contributed by atoms with Crippen LogP contribution in [0.1, 0.15) is 46.6 Å². The SMILES string of the molecule is Cc1ccc(CCNc2nc(NCCN(C)C)nc3c2CN(C(C)C)C3=O)cc1C. The second-order valence-electron chi connectivity index (χ2n) is 8.58. The van der Waals surface area contributed by atoms with E-state index in [4.69, 9.17) is 4.98 Å². The van der Waals surface area contributed by atoms with E-state index in [9.17, 15) is 4.79 Å². The Hall–Kier alpha value is -2.67. The van der Waals surface area contributed by atoms with Crippen molar-refractivity contribution in [2.24, 2.45) is 0 Å². The lowest BCUT2D eigenvalue weighted by molar-refractivity contribution is 0.0726. The molecule has 0 radical (unpaired) electrons. The molecule has 2 heterocycles. The first-order chi connectivity index (χ1) is 14.3. The topological polar surface area (TPSA) is 73.4 Å². The molecule has 3 rings (SSSR count). The van der Waals surface area contributed by atoms with Gasteiger partial charge in [-0.3, -0.25) is 4.79 Å². The molecule has 1 amide bonds. The number of likely N-dealkylation sites (N-methyl/N-ethyl adjacent to an activating group) is 1. The molecular weight excluding hydrogens is 376 g/mol. The van der Waals surface area contributed by atoms with Gasteiger partial charge >= 0.3 is 0 Å². The van der Waals surface area contributed by atoms with Crippen LogP contribution in [0.2, 0.25) is 0 Å². The summed E-state index contributed by atoms with van der Waals surface area (Å²) in [4.78, 5) is 26.0. The Morgan fingerprint density at radius 2 is 1.87 bits per heavy atom. The van der Waals surface area contributed by atoms with Gasteiger partial charge in [-0.05, 0) is 64.9 Å². The molecule has 0 atom stereocenters. The number of benzene rings is 1. The molecule has 7 heteroatoms. The van der Waals surface area contributed by atoms with Gasteiger partial charge < -0.3 is 20.4 Å². The number of rotatable bonds is 9. The van der Waals surface area contributed by atoms with Crippen molar-refractivity contribution in [1.29, 1.82) is 0 Å². The number of aromatic nitrogens is 2. The molecular formula is C23H34N6O. The second kappa shape index (κ2) is 9.43. The van der Waals surface area contributed by atoms with Crippen LogP contribution in [0.25, 0.3) is 0 Å². The van der Waals surface area contributed by atoms with Crippen LogP contribution >= 0.6 is 0 Å². The van der Waals surface area contributed by atoms with Crippen LogP contribution in [-0.2, 0) is 13.0 Å². The zero-order chi connectivity index (χ0) is 21.8. The third kappa shape index (κ3) is 5.08. The lowest BCUT2D eigenvalue weighted by Gasteiger charge is -2.19. The number of nitrogens with one attached hydrogen (secondary N) is 2. The molecule has 7 nitrogen and oxygen atoms in total. The van der Waals surface area contributed by atoms with E-state index in [1.54, 1.807) is 0 Å². The lowest BCUT2D eigenvalue weighted by Crippen LogP contribution is -2.31. The maximum atomic E-state index is 12.9. The van der Waals surface area contributed by atoms with Gasteiger partial charge in [0.25, 0.3) is 5.91 Å². The summed E-state index contributed by atoms with van der Waals surface area (Å²) in [6.45, 7) is 11.2. The Morgan fingerprint density at radius 3 is 2.53 bits per heavy atom. The summed E-state index contributed by atoms with van der Waals surface area (Å²) >= 11 is 0. The van der Waals surface area contributed by atoms with E-state index >= 15 is 0 Å². The van der Waals surface area contributed by atoms with Crippen molar-refractivity contribution in [3.8, 4) is 0 Å². The summed E-state index contributed by atoms with van der Waals surface area (Å²) in [5.74, 6) is 1.24. The quantitative estimate of drug-likeness (QED) is 0.662. The summed E-state index contributed by atoms with van der Waals surface area (Å²) < 4.78 is 0. The van der Waals surface area contributed by atoms with Crippen molar-refractivity contribution in [3.05, 3.63) is 46.1 Å². The first kappa shape index (κ1) is 22.0. The molecule has 0 aliphatic carbocycles. The molecule has 2 N–H and O–H groups in total. The zero-order valence-corrected chi connectivity index (χ0v) is 19.0. The first-order valence-electron chi connectivity index (χ1n) is 10.7. The second-order valence-corrected chi connectivity index (χ2v) is 8.58. The molecule has 1 aliphatic heterocycles. The van der Waals surface area contributed by atoms with Crippen molar-refractivity contribution in [2.45, 2.75) is 46.7 Å². The highest BCUT2D eigenvalue weighted by Crippen LogP contribution is 2.29. The fourth-order valence-electron chi connectivity index (χ4n) is 3.51. The number of hydrogen-bond acceptors (Lipinski definition) is 6. The summed E-state index contributed by atoms with van der Waals surface area (Å²) in [6, 6.07) is 6.70. The molecule has 2 aromatic rings. The molecule has 0 saturated carbocycles. The largest absolute Gasteiger partial charge is 0.369 e. The lowest BCUT2D eigenvalue weighted by atomic mass is 10.0. The molecule has 0 unspecified atom stereocenters. The van der Waals surface area contributed by atoms with Gasteiger partial charge in [0.2, 0.25) is 5.95 Å². The predicted molar refractivity (Wildman–Crippen MR) is 122 cm³/mol. The summed E-state index contributed by atoms with van der Waals surface area (Å²) in [7, 11) is 4.05. The van der Waals surface area contributed by atoms with E-state index in [2.05, 4.69) is 52.6 Å². The fourth-order valence-corrected chi connectivity index (χ4v) is 3.51. The van der Waals surface area contributed by atoms with Crippen molar-refractivity contribution >= 4 is 17.7 Å². The van der Waals surface area contributed by atoms with Gasteiger partial charge in [-0.1, -0.05) is 18.2 Å². The van der Waals surface area contributed by atoms with E-state index in [0.717, 1.165) is 37.4 Å². The highest BCUT2D eigenvalue weighted by molar-refractivity contribution is 5.98. The van der Waals surface area contributed by atoms with Crippen LogP contribution in [0.5, 0.6) is 0 Å². The van der Waals surface area contributed by atoms with E-state index in [0.29, 0.717) is 18.2 Å². The van der Waals surface area contributed by atoms with Crippen LogP contribution < -0.4 is 10.6 Å². The van der Waals surface area contributed by atoms with Crippen LogP contribution in [-0.4, -0.2) is 65.4 Å². The number of anilines is 2. The average Bonchev–Trinajstić information content (AvgIpc) is 3.02. The van der Waals surface area contributed by atoms with Crippen molar-refractivity contribution in [1.82, 2.24) is 19.8 Å². The average molecular weight is 411 g/mol. The van der Waals surface area contributed by atoms with E-state index in [-0.39, 0.29) is 11.9 Å². The number of hydrogen-bond donors (Lipinski definition) is 2. The number of fused-ring (bicyclic) bond motifs is 1. The number of amides is 1. The number of nitrogens with zero attached hydrogens (tertiary/aromatic N) is 4. The Morgan fingerprint density at radius 1 is 1.10 bits per heavy atom. The summed E-state index contributed by atoms with van der Waals surface area (Å²) in [6.07, 6.45) is 0.894. The Bertz CT molecular complexity index is 909. The normalized spacial score (nSPS) is 13.3. The first-order valence-corrected chi connectivity index (χ1v) is 10.7. The Kier molecular flexibility index (Phi) is 6.92. The maximum absolute atomic E-state index is 12.9. The molecule has 1 aromatic heterocycles.